The van der Waals surface area contributed by atoms with Gasteiger partial charge in [0, 0.05) is 36.5 Å². The molecule has 0 bridgehead atoms. The summed E-state index contributed by atoms with van der Waals surface area (Å²) in [5, 5.41) is 3.01. The Kier molecular flexibility index (Phi) is 6.69. The molecular weight excluding hydrogens is 416 g/mol. The number of ether oxygens (including phenoxy) is 2. The summed E-state index contributed by atoms with van der Waals surface area (Å²) in [6, 6.07) is 15.2. The zero-order chi connectivity index (χ0) is 23.2. The van der Waals surface area contributed by atoms with E-state index in [0.717, 1.165) is 28.2 Å². The van der Waals surface area contributed by atoms with Gasteiger partial charge in [0.2, 0.25) is 0 Å². The van der Waals surface area contributed by atoms with Gasteiger partial charge in [-0.2, -0.15) is 0 Å². The van der Waals surface area contributed by atoms with Crippen LogP contribution in [-0.4, -0.2) is 27.6 Å². The maximum atomic E-state index is 12.9. The number of hydrogen-bond acceptors (Lipinski definition) is 5. The molecule has 1 N–H and O–H groups in total. The lowest BCUT2D eigenvalue weighted by molar-refractivity contribution is 0.0950. The Morgan fingerprint density at radius 3 is 2.52 bits per heavy atom. The topological polar surface area (TPSA) is 78.3 Å². The standard InChI is InChI=1S/C26H26N4O3/c1-18-13-23(19(2)30(18)22-5-4-10-28-16-22)26(31)29-15-21-6-7-24(25(14-21)32-3)33-17-20-8-11-27-12-9-20/h4-14,16H,15,17H2,1-3H3,(H,29,31). The fraction of sp³-hybridized carbons (Fsp3) is 0.192. The van der Waals surface area contributed by atoms with Crippen molar-refractivity contribution in [1.82, 2.24) is 19.9 Å². The number of nitrogens with zero attached hydrogens (tertiary/aromatic N) is 3. The summed E-state index contributed by atoms with van der Waals surface area (Å²) in [5.74, 6) is 1.13. The van der Waals surface area contributed by atoms with Gasteiger partial charge >= 0.3 is 0 Å². The predicted octanol–water partition coefficient (Wildman–Crippen LogP) is 4.40. The molecule has 1 amide bonds. The van der Waals surface area contributed by atoms with Crippen LogP contribution in [0.25, 0.3) is 5.69 Å². The smallest absolute Gasteiger partial charge is 0.253 e. The summed E-state index contributed by atoms with van der Waals surface area (Å²) in [7, 11) is 1.60. The second-order valence-electron chi connectivity index (χ2n) is 7.64. The van der Waals surface area contributed by atoms with Crippen LogP contribution in [-0.2, 0) is 13.2 Å². The van der Waals surface area contributed by atoms with Crippen LogP contribution in [0.5, 0.6) is 11.5 Å². The summed E-state index contributed by atoms with van der Waals surface area (Å²) >= 11 is 0. The molecule has 0 unspecified atom stereocenters. The molecule has 7 nitrogen and oxygen atoms in total. The van der Waals surface area contributed by atoms with Gasteiger partial charge in [0.25, 0.3) is 5.91 Å². The number of aryl methyl sites for hydroxylation is 1. The molecule has 168 valence electrons. The van der Waals surface area contributed by atoms with Gasteiger partial charge in [-0.15, -0.1) is 0 Å². The third-order valence-corrected chi connectivity index (χ3v) is 5.40. The molecule has 3 aromatic heterocycles. The number of carbonyl (C=O) groups is 1. The molecule has 33 heavy (non-hydrogen) atoms. The lowest BCUT2D eigenvalue weighted by Crippen LogP contribution is -2.23. The Hall–Kier alpha value is -4.13. The number of aromatic nitrogens is 3. The molecule has 0 fully saturated rings. The first-order chi connectivity index (χ1) is 16.1. The summed E-state index contributed by atoms with van der Waals surface area (Å²) in [4.78, 5) is 21.1. The number of amides is 1. The highest BCUT2D eigenvalue weighted by Gasteiger charge is 2.17. The van der Waals surface area contributed by atoms with E-state index in [1.807, 2.05) is 66.9 Å². The van der Waals surface area contributed by atoms with Crippen molar-refractivity contribution in [3.05, 3.63) is 101 Å². The van der Waals surface area contributed by atoms with E-state index < -0.39 is 0 Å². The molecule has 0 radical (unpaired) electrons. The minimum absolute atomic E-state index is 0.129. The summed E-state index contributed by atoms with van der Waals surface area (Å²) in [5.41, 5.74) is 5.35. The molecule has 0 aliphatic carbocycles. The molecule has 0 spiro atoms. The molecule has 1 aromatic carbocycles. The molecule has 0 saturated carbocycles. The molecule has 0 aliphatic heterocycles. The van der Waals surface area contributed by atoms with Gasteiger partial charge in [0.1, 0.15) is 6.61 Å². The fourth-order valence-corrected chi connectivity index (χ4v) is 3.73. The van der Waals surface area contributed by atoms with Crippen molar-refractivity contribution in [3.8, 4) is 17.2 Å². The predicted molar refractivity (Wildman–Crippen MR) is 126 cm³/mol. The molecule has 3 heterocycles. The Morgan fingerprint density at radius 1 is 0.970 bits per heavy atom. The lowest BCUT2D eigenvalue weighted by Gasteiger charge is -2.13. The summed E-state index contributed by atoms with van der Waals surface area (Å²) < 4.78 is 13.4. The Bertz CT molecular complexity index is 1240. The molecular formula is C26H26N4O3. The fourth-order valence-electron chi connectivity index (χ4n) is 3.73. The van der Waals surface area contributed by atoms with Gasteiger partial charge in [-0.3, -0.25) is 14.8 Å². The Morgan fingerprint density at radius 2 is 1.79 bits per heavy atom. The number of nitrogens with one attached hydrogen (secondary N) is 1. The summed E-state index contributed by atoms with van der Waals surface area (Å²) in [6.07, 6.45) is 6.98. The van der Waals surface area contributed by atoms with E-state index >= 15 is 0 Å². The maximum absolute atomic E-state index is 12.9. The summed E-state index contributed by atoms with van der Waals surface area (Å²) in [6.45, 7) is 4.71. The highest BCUT2D eigenvalue weighted by Crippen LogP contribution is 2.29. The lowest BCUT2D eigenvalue weighted by atomic mass is 10.2. The van der Waals surface area contributed by atoms with E-state index in [2.05, 4.69) is 15.3 Å². The molecule has 4 aromatic rings. The average Bonchev–Trinajstić information content (AvgIpc) is 3.16. The molecule has 0 saturated heterocycles. The highest BCUT2D eigenvalue weighted by atomic mass is 16.5. The van der Waals surface area contributed by atoms with E-state index in [4.69, 9.17) is 9.47 Å². The van der Waals surface area contributed by atoms with Gasteiger partial charge < -0.3 is 19.4 Å². The van der Waals surface area contributed by atoms with Gasteiger partial charge in [-0.25, -0.2) is 0 Å². The van der Waals surface area contributed by atoms with Gasteiger partial charge in [0.15, 0.2) is 11.5 Å². The van der Waals surface area contributed by atoms with Crippen molar-refractivity contribution >= 4 is 5.91 Å². The molecule has 7 heteroatoms. The Labute approximate surface area is 193 Å². The average molecular weight is 443 g/mol. The number of pyridine rings is 2. The minimum Gasteiger partial charge on any atom is -0.493 e. The first-order valence-corrected chi connectivity index (χ1v) is 10.6. The van der Waals surface area contributed by atoms with E-state index in [0.29, 0.717) is 30.2 Å². The van der Waals surface area contributed by atoms with Crippen molar-refractivity contribution in [1.29, 1.82) is 0 Å². The van der Waals surface area contributed by atoms with Crippen molar-refractivity contribution in [3.63, 3.8) is 0 Å². The molecule has 4 rings (SSSR count). The normalized spacial score (nSPS) is 10.6. The third-order valence-electron chi connectivity index (χ3n) is 5.40. The van der Waals surface area contributed by atoms with Crippen molar-refractivity contribution in [2.75, 3.05) is 7.11 Å². The largest absolute Gasteiger partial charge is 0.493 e. The minimum atomic E-state index is -0.129. The molecule has 0 atom stereocenters. The van der Waals surface area contributed by atoms with Gasteiger partial charge in [0.05, 0.1) is 24.6 Å². The quantitative estimate of drug-likeness (QED) is 0.438. The van der Waals surface area contributed by atoms with Crippen LogP contribution in [0.3, 0.4) is 0 Å². The number of hydrogen-bond donors (Lipinski definition) is 1. The Balaban J connectivity index is 1.43. The highest BCUT2D eigenvalue weighted by molar-refractivity contribution is 5.95. The van der Waals surface area contributed by atoms with Gasteiger partial charge in [-0.1, -0.05) is 6.07 Å². The number of carbonyl (C=O) groups excluding carboxylic acids is 1. The van der Waals surface area contributed by atoms with Crippen LogP contribution in [0.1, 0.15) is 32.9 Å². The van der Waals surface area contributed by atoms with Crippen molar-refractivity contribution in [2.24, 2.45) is 0 Å². The zero-order valence-corrected chi connectivity index (χ0v) is 18.9. The number of methoxy groups -OCH3 is 1. The molecule has 0 aliphatic rings. The number of benzene rings is 1. The van der Waals surface area contributed by atoms with Crippen molar-refractivity contribution in [2.45, 2.75) is 27.0 Å². The van der Waals surface area contributed by atoms with Crippen LogP contribution in [0, 0.1) is 13.8 Å². The third kappa shape index (κ3) is 5.03. The SMILES string of the molecule is COc1cc(CNC(=O)c2cc(C)n(-c3cccnc3)c2C)ccc1OCc1ccncc1. The van der Waals surface area contributed by atoms with Crippen LogP contribution in [0.2, 0.25) is 0 Å². The van der Waals surface area contributed by atoms with Crippen molar-refractivity contribution < 1.29 is 14.3 Å². The van der Waals surface area contributed by atoms with Crippen LogP contribution in [0.4, 0.5) is 0 Å². The zero-order valence-electron chi connectivity index (χ0n) is 18.9. The van der Waals surface area contributed by atoms with E-state index in [1.165, 1.54) is 0 Å². The van der Waals surface area contributed by atoms with E-state index in [-0.39, 0.29) is 5.91 Å². The van der Waals surface area contributed by atoms with Crippen LogP contribution >= 0.6 is 0 Å². The second-order valence-corrected chi connectivity index (χ2v) is 7.64. The first kappa shape index (κ1) is 22.1. The van der Waals surface area contributed by atoms with Gasteiger partial charge in [-0.05, 0) is 67.4 Å². The monoisotopic (exact) mass is 442 g/mol. The first-order valence-electron chi connectivity index (χ1n) is 10.6. The van der Waals surface area contributed by atoms with E-state index in [1.54, 1.807) is 31.9 Å². The maximum Gasteiger partial charge on any atom is 0.253 e. The van der Waals surface area contributed by atoms with Crippen LogP contribution in [0.15, 0.2) is 73.3 Å². The number of rotatable bonds is 8. The van der Waals surface area contributed by atoms with E-state index in [9.17, 15) is 4.79 Å². The van der Waals surface area contributed by atoms with Crippen LogP contribution < -0.4 is 14.8 Å². The second kappa shape index (κ2) is 9.99.